The van der Waals surface area contributed by atoms with Gasteiger partial charge in [-0.25, -0.2) is 4.98 Å². The molecule has 100 valence electrons. The Morgan fingerprint density at radius 1 is 1.44 bits per heavy atom. The van der Waals surface area contributed by atoms with Gasteiger partial charge in [0.05, 0.1) is 29.3 Å². The van der Waals surface area contributed by atoms with Gasteiger partial charge in [0.2, 0.25) is 0 Å². The third kappa shape index (κ3) is 3.32. The number of aliphatic hydroxyl groups is 2. The smallest absolute Gasteiger partial charge is 0.253 e. The first kappa shape index (κ1) is 15.2. The topological polar surface area (TPSA) is 82.5 Å². The summed E-state index contributed by atoms with van der Waals surface area (Å²) in [5.41, 5.74) is -0.840. The van der Waals surface area contributed by atoms with E-state index in [2.05, 4.69) is 10.3 Å². The first-order valence-electron chi connectivity index (χ1n) is 5.33. The monoisotopic (exact) mass is 292 g/mol. The highest BCUT2D eigenvalue weighted by Crippen LogP contribution is 2.20. The highest BCUT2D eigenvalue weighted by Gasteiger charge is 2.29. The molecule has 1 heterocycles. The molecule has 1 rings (SSSR count). The fourth-order valence-corrected chi connectivity index (χ4v) is 1.57. The van der Waals surface area contributed by atoms with Gasteiger partial charge in [-0.3, -0.25) is 4.79 Å². The third-order valence-corrected chi connectivity index (χ3v) is 3.41. The quantitative estimate of drug-likeness (QED) is 0.714. The molecular formula is C11H14Cl2N2O3. The predicted molar refractivity (Wildman–Crippen MR) is 68.9 cm³/mol. The summed E-state index contributed by atoms with van der Waals surface area (Å²) in [6.07, 6.45) is 1.67. The van der Waals surface area contributed by atoms with E-state index in [1.54, 1.807) is 6.92 Å². The zero-order valence-corrected chi connectivity index (χ0v) is 11.3. The van der Waals surface area contributed by atoms with Gasteiger partial charge in [0.25, 0.3) is 5.91 Å². The van der Waals surface area contributed by atoms with Gasteiger partial charge >= 0.3 is 0 Å². The number of hydrogen-bond donors (Lipinski definition) is 3. The average Bonchev–Trinajstić information content (AvgIpc) is 2.39. The minimum atomic E-state index is -1.05. The summed E-state index contributed by atoms with van der Waals surface area (Å²) in [7, 11) is 0. The van der Waals surface area contributed by atoms with Crippen LogP contribution in [0.5, 0.6) is 0 Å². The van der Waals surface area contributed by atoms with Crippen LogP contribution in [0.25, 0.3) is 0 Å². The number of hydrogen-bond acceptors (Lipinski definition) is 4. The summed E-state index contributed by atoms with van der Waals surface area (Å²) >= 11 is 11.4. The SMILES string of the molecule is CCC(CO)(CO)NC(=O)c1cnc(Cl)c(Cl)c1. The van der Waals surface area contributed by atoms with Crippen molar-refractivity contribution in [2.75, 3.05) is 13.2 Å². The number of amides is 1. The second-order valence-electron chi connectivity index (χ2n) is 3.90. The van der Waals surface area contributed by atoms with Crippen LogP contribution in [0.15, 0.2) is 12.3 Å². The maximum atomic E-state index is 11.9. The van der Waals surface area contributed by atoms with Crippen LogP contribution < -0.4 is 5.32 Å². The van der Waals surface area contributed by atoms with Gasteiger partial charge in [-0.15, -0.1) is 0 Å². The molecule has 18 heavy (non-hydrogen) atoms. The van der Waals surface area contributed by atoms with Gasteiger partial charge in [-0.2, -0.15) is 0 Å². The van der Waals surface area contributed by atoms with E-state index < -0.39 is 11.4 Å². The van der Waals surface area contributed by atoms with E-state index in [0.29, 0.717) is 6.42 Å². The Morgan fingerprint density at radius 2 is 2.06 bits per heavy atom. The van der Waals surface area contributed by atoms with Crippen LogP contribution in [0, 0.1) is 0 Å². The normalized spacial score (nSPS) is 11.4. The largest absolute Gasteiger partial charge is 0.394 e. The van der Waals surface area contributed by atoms with Crippen LogP contribution in [0.1, 0.15) is 23.7 Å². The van der Waals surface area contributed by atoms with Gasteiger partial charge in [-0.1, -0.05) is 30.1 Å². The second-order valence-corrected chi connectivity index (χ2v) is 4.67. The Labute approximate surface area is 115 Å². The lowest BCUT2D eigenvalue weighted by atomic mass is 9.98. The Bertz CT molecular complexity index is 428. The molecule has 0 bridgehead atoms. The van der Waals surface area contributed by atoms with E-state index in [9.17, 15) is 15.0 Å². The average molecular weight is 293 g/mol. The predicted octanol–water partition coefficient (Wildman–Crippen LogP) is 1.25. The molecule has 7 heteroatoms. The summed E-state index contributed by atoms with van der Waals surface area (Å²) in [6, 6.07) is 1.38. The Morgan fingerprint density at radius 3 is 2.50 bits per heavy atom. The summed E-state index contributed by atoms with van der Waals surface area (Å²) in [5, 5.41) is 21.3. The van der Waals surface area contributed by atoms with Crippen molar-refractivity contribution in [1.29, 1.82) is 0 Å². The summed E-state index contributed by atoms with van der Waals surface area (Å²) in [4.78, 5) is 15.7. The van der Waals surface area contributed by atoms with Crippen molar-refractivity contribution in [2.24, 2.45) is 0 Å². The Kier molecular flexibility index (Phi) is 5.34. The standard InChI is InChI=1S/C11H14Cl2N2O3/c1-2-11(5-16,6-17)15-10(18)7-3-8(12)9(13)14-4-7/h3-4,16-17H,2,5-6H2,1H3,(H,15,18). The highest BCUT2D eigenvalue weighted by molar-refractivity contribution is 6.41. The molecule has 0 aliphatic rings. The van der Waals surface area contributed by atoms with Crippen LogP contribution in [-0.2, 0) is 0 Å². The molecule has 5 nitrogen and oxygen atoms in total. The first-order valence-corrected chi connectivity index (χ1v) is 6.09. The van der Waals surface area contributed by atoms with E-state index in [0.717, 1.165) is 0 Å². The molecular weight excluding hydrogens is 279 g/mol. The summed E-state index contributed by atoms with van der Waals surface area (Å²) in [6.45, 7) is 1.03. The fourth-order valence-electron chi connectivity index (χ4n) is 1.30. The summed E-state index contributed by atoms with van der Waals surface area (Å²) in [5.74, 6) is -0.481. The Balaban J connectivity index is 2.90. The van der Waals surface area contributed by atoms with Crippen molar-refractivity contribution in [1.82, 2.24) is 10.3 Å². The fraction of sp³-hybridized carbons (Fsp3) is 0.455. The second kappa shape index (κ2) is 6.33. The van der Waals surface area contributed by atoms with Gasteiger partial charge < -0.3 is 15.5 Å². The van der Waals surface area contributed by atoms with E-state index in [1.165, 1.54) is 12.3 Å². The molecule has 0 unspecified atom stereocenters. The van der Waals surface area contributed by atoms with Crippen molar-refractivity contribution in [2.45, 2.75) is 18.9 Å². The van der Waals surface area contributed by atoms with E-state index in [1.807, 2.05) is 0 Å². The molecule has 0 fully saturated rings. The molecule has 1 aromatic heterocycles. The number of rotatable bonds is 5. The maximum absolute atomic E-state index is 11.9. The number of aromatic nitrogens is 1. The highest BCUT2D eigenvalue weighted by atomic mass is 35.5. The van der Waals surface area contributed by atoms with Gasteiger partial charge in [0, 0.05) is 6.20 Å². The zero-order chi connectivity index (χ0) is 13.8. The van der Waals surface area contributed by atoms with E-state index in [-0.39, 0.29) is 29.0 Å². The minimum Gasteiger partial charge on any atom is -0.394 e. The Hall–Kier alpha value is -0.880. The first-order chi connectivity index (χ1) is 8.48. The van der Waals surface area contributed by atoms with Gasteiger partial charge in [0.15, 0.2) is 0 Å². The molecule has 1 aromatic rings. The minimum absolute atomic E-state index is 0.110. The number of nitrogens with one attached hydrogen (secondary N) is 1. The third-order valence-electron chi connectivity index (χ3n) is 2.72. The van der Waals surface area contributed by atoms with Crippen molar-refractivity contribution in [3.63, 3.8) is 0 Å². The van der Waals surface area contributed by atoms with Crippen molar-refractivity contribution < 1.29 is 15.0 Å². The molecule has 0 aliphatic heterocycles. The number of nitrogens with zero attached hydrogens (tertiary/aromatic N) is 1. The van der Waals surface area contributed by atoms with E-state index >= 15 is 0 Å². The van der Waals surface area contributed by atoms with Crippen LogP contribution in [-0.4, -0.2) is 39.9 Å². The van der Waals surface area contributed by atoms with Gasteiger partial charge in [-0.05, 0) is 12.5 Å². The number of aliphatic hydroxyl groups excluding tert-OH is 2. The van der Waals surface area contributed by atoms with Crippen LogP contribution in [0.3, 0.4) is 0 Å². The number of halogens is 2. The van der Waals surface area contributed by atoms with Crippen molar-refractivity contribution in [3.05, 3.63) is 28.0 Å². The molecule has 0 aliphatic carbocycles. The summed E-state index contributed by atoms with van der Waals surface area (Å²) < 4.78 is 0. The number of carbonyl (C=O) groups is 1. The molecule has 0 aromatic carbocycles. The molecule has 0 atom stereocenters. The molecule has 0 saturated carbocycles. The molecule has 0 spiro atoms. The van der Waals surface area contributed by atoms with Crippen molar-refractivity contribution >= 4 is 29.1 Å². The number of pyridine rings is 1. The lowest BCUT2D eigenvalue weighted by Crippen LogP contribution is -2.53. The van der Waals surface area contributed by atoms with Gasteiger partial charge in [0.1, 0.15) is 5.15 Å². The van der Waals surface area contributed by atoms with E-state index in [4.69, 9.17) is 23.2 Å². The lowest BCUT2D eigenvalue weighted by Gasteiger charge is -2.29. The van der Waals surface area contributed by atoms with Crippen LogP contribution in [0.2, 0.25) is 10.2 Å². The molecule has 0 saturated heterocycles. The lowest BCUT2D eigenvalue weighted by molar-refractivity contribution is 0.0652. The molecule has 0 radical (unpaired) electrons. The molecule has 3 N–H and O–H groups in total. The number of carbonyl (C=O) groups excluding carboxylic acids is 1. The van der Waals surface area contributed by atoms with Crippen molar-refractivity contribution in [3.8, 4) is 0 Å². The molecule has 1 amide bonds. The van der Waals surface area contributed by atoms with Crippen LogP contribution in [0.4, 0.5) is 0 Å². The maximum Gasteiger partial charge on any atom is 0.253 e. The van der Waals surface area contributed by atoms with Crippen LogP contribution >= 0.6 is 23.2 Å². The zero-order valence-electron chi connectivity index (χ0n) is 9.78.